The summed E-state index contributed by atoms with van der Waals surface area (Å²) in [5.41, 5.74) is 10.8. The third kappa shape index (κ3) is 31.2. The van der Waals surface area contributed by atoms with Gasteiger partial charge in [0.05, 0.1) is 6.61 Å². The molecule has 0 spiro atoms. The number of aliphatic imine (C=N–C) groups is 1. The summed E-state index contributed by atoms with van der Waals surface area (Å²) < 4.78 is 5.39. The third-order valence-electron chi connectivity index (χ3n) is 8.11. The monoisotopic (exact) mass is 610 g/mol. The third-order valence-corrected chi connectivity index (χ3v) is 8.11. The molecule has 0 aromatic carbocycles. The molecule has 6 N–H and O–H groups in total. The smallest absolute Gasteiger partial charge is 0.407 e. The second-order valence-electron chi connectivity index (χ2n) is 12.4. The second kappa shape index (κ2) is 32.9. The van der Waals surface area contributed by atoms with E-state index in [1.807, 2.05) is 0 Å². The molecule has 0 aliphatic rings. The molecule has 0 unspecified atom stereocenters. The Morgan fingerprint density at radius 2 is 1.02 bits per heavy atom. The van der Waals surface area contributed by atoms with Gasteiger partial charge in [0.25, 0.3) is 0 Å². The number of guanidine groups is 1. The van der Waals surface area contributed by atoms with Crippen LogP contribution in [0, 0.1) is 0 Å². The van der Waals surface area contributed by atoms with Gasteiger partial charge in [-0.3, -0.25) is 9.79 Å². The first-order chi connectivity index (χ1) is 21.0. The number of carbonyl (C=O) groups is 2. The molecule has 254 valence electrons. The Hall–Kier alpha value is -1.99. The quantitative estimate of drug-likeness (QED) is 0.0344. The molecule has 0 aliphatic carbocycles. The maximum absolute atomic E-state index is 12.8. The van der Waals surface area contributed by atoms with E-state index < -0.39 is 12.1 Å². The van der Waals surface area contributed by atoms with Gasteiger partial charge in [-0.1, -0.05) is 155 Å². The molecule has 1 atom stereocenters. The van der Waals surface area contributed by atoms with Gasteiger partial charge in [0, 0.05) is 13.1 Å². The number of hydrogen-bond donors (Lipinski definition) is 4. The predicted molar refractivity (Wildman–Crippen MR) is 183 cm³/mol. The topological polar surface area (TPSA) is 132 Å². The molecule has 0 rings (SSSR count). The van der Waals surface area contributed by atoms with E-state index in [1.54, 1.807) is 0 Å². The lowest BCUT2D eigenvalue weighted by atomic mass is 10.0. The summed E-state index contributed by atoms with van der Waals surface area (Å²) in [4.78, 5) is 29.2. The average Bonchev–Trinajstić information content (AvgIpc) is 2.99. The van der Waals surface area contributed by atoms with Crippen molar-refractivity contribution in [1.82, 2.24) is 10.6 Å². The number of ether oxygens (including phenoxy) is 1. The first-order valence-electron chi connectivity index (χ1n) is 18.3. The highest BCUT2D eigenvalue weighted by Gasteiger charge is 2.20. The lowest BCUT2D eigenvalue weighted by molar-refractivity contribution is -0.123. The zero-order valence-corrected chi connectivity index (χ0v) is 28.4. The first-order valence-corrected chi connectivity index (χ1v) is 18.3. The number of carbonyl (C=O) groups excluding carboxylic acids is 2. The summed E-state index contributed by atoms with van der Waals surface area (Å²) in [6.07, 6.45) is 31.0. The van der Waals surface area contributed by atoms with Crippen molar-refractivity contribution in [2.24, 2.45) is 16.5 Å². The van der Waals surface area contributed by atoms with Crippen molar-refractivity contribution < 1.29 is 14.3 Å². The summed E-state index contributed by atoms with van der Waals surface area (Å²) in [5, 5.41) is 5.75. The van der Waals surface area contributed by atoms with Gasteiger partial charge in [-0.15, -0.1) is 0 Å². The minimum atomic E-state index is -0.652. The summed E-state index contributed by atoms with van der Waals surface area (Å²) >= 11 is 0. The van der Waals surface area contributed by atoms with Crippen LogP contribution in [-0.2, 0) is 9.53 Å². The van der Waals surface area contributed by atoms with Gasteiger partial charge >= 0.3 is 6.09 Å². The van der Waals surface area contributed by atoms with Crippen LogP contribution in [-0.4, -0.2) is 43.7 Å². The minimum Gasteiger partial charge on any atom is -0.450 e. The van der Waals surface area contributed by atoms with E-state index in [4.69, 9.17) is 16.2 Å². The van der Waals surface area contributed by atoms with E-state index in [9.17, 15) is 9.59 Å². The van der Waals surface area contributed by atoms with Crippen LogP contribution in [0.4, 0.5) is 4.79 Å². The van der Waals surface area contributed by atoms with E-state index in [2.05, 4.69) is 29.5 Å². The van der Waals surface area contributed by atoms with Gasteiger partial charge in [-0.25, -0.2) is 4.79 Å². The van der Waals surface area contributed by atoms with Gasteiger partial charge in [0.15, 0.2) is 5.96 Å². The predicted octanol–water partition coefficient (Wildman–Crippen LogP) is 8.65. The van der Waals surface area contributed by atoms with Crippen LogP contribution >= 0.6 is 0 Å². The van der Waals surface area contributed by atoms with E-state index >= 15 is 0 Å². The van der Waals surface area contributed by atoms with Crippen molar-refractivity contribution >= 4 is 18.0 Å². The summed E-state index contributed by atoms with van der Waals surface area (Å²) in [6.45, 7) is 5.93. The summed E-state index contributed by atoms with van der Waals surface area (Å²) in [6, 6.07) is -0.652. The molecule has 0 bridgehead atoms. The fourth-order valence-corrected chi connectivity index (χ4v) is 5.37. The maximum atomic E-state index is 12.8. The van der Waals surface area contributed by atoms with Crippen molar-refractivity contribution in [3.8, 4) is 0 Å². The molecule has 0 saturated carbocycles. The zero-order chi connectivity index (χ0) is 31.6. The number of nitrogens with two attached hydrogens (primary N) is 2. The highest BCUT2D eigenvalue weighted by Crippen LogP contribution is 2.13. The normalized spacial score (nSPS) is 11.7. The fraction of sp³-hybridized carbons (Fsp3) is 0.914. The second-order valence-corrected chi connectivity index (χ2v) is 12.4. The molecule has 8 heteroatoms. The molecule has 0 aromatic heterocycles. The zero-order valence-electron chi connectivity index (χ0n) is 28.4. The number of rotatable bonds is 32. The molecule has 8 nitrogen and oxygen atoms in total. The lowest BCUT2D eigenvalue weighted by Gasteiger charge is -2.18. The molecule has 0 saturated heterocycles. The van der Waals surface area contributed by atoms with Crippen LogP contribution in [0.1, 0.15) is 181 Å². The first kappa shape index (κ1) is 41.0. The Balaban J connectivity index is 4.00. The van der Waals surface area contributed by atoms with Crippen LogP contribution in [0.5, 0.6) is 0 Å². The number of amides is 2. The number of nitrogens with one attached hydrogen (secondary N) is 2. The van der Waals surface area contributed by atoms with Crippen LogP contribution in [0.15, 0.2) is 4.99 Å². The molecular formula is C35H71N5O3. The highest BCUT2D eigenvalue weighted by atomic mass is 16.5. The molecule has 2 amide bonds. The van der Waals surface area contributed by atoms with Crippen molar-refractivity contribution in [2.75, 3.05) is 19.7 Å². The Labute approximate surface area is 265 Å². The van der Waals surface area contributed by atoms with E-state index in [0.29, 0.717) is 32.5 Å². The van der Waals surface area contributed by atoms with Crippen LogP contribution in [0.25, 0.3) is 0 Å². The standard InChI is InChI=1S/C35H71N5O3/c1-3-5-7-9-11-13-15-16-17-18-20-22-24-26-31-43-35(42)40-32(28-27-30-39-34(36)37)33(41)38-29-25-23-21-19-14-12-10-8-6-4-2/h32H,3-31H2,1-2H3,(H,38,41)(H,40,42)(H4,36,37,39)/t32-/m0/s1. The highest BCUT2D eigenvalue weighted by molar-refractivity contribution is 5.85. The molecule has 0 aromatic rings. The Morgan fingerprint density at radius 3 is 1.47 bits per heavy atom. The molecular weight excluding hydrogens is 538 g/mol. The molecule has 0 aliphatic heterocycles. The van der Waals surface area contributed by atoms with Gasteiger partial charge < -0.3 is 26.8 Å². The van der Waals surface area contributed by atoms with Crippen LogP contribution < -0.4 is 22.1 Å². The van der Waals surface area contributed by atoms with Crippen LogP contribution in [0.3, 0.4) is 0 Å². The van der Waals surface area contributed by atoms with E-state index in [0.717, 1.165) is 25.7 Å². The van der Waals surface area contributed by atoms with Crippen molar-refractivity contribution in [3.63, 3.8) is 0 Å². The van der Waals surface area contributed by atoms with Gasteiger partial charge in [-0.05, 0) is 25.7 Å². The SMILES string of the molecule is CCCCCCCCCCCCCCCCOC(=O)N[C@@H](CCCN=C(N)N)C(=O)NCCCCCCCCCCCC. The van der Waals surface area contributed by atoms with Crippen molar-refractivity contribution in [3.05, 3.63) is 0 Å². The fourth-order valence-electron chi connectivity index (χ4n) is 5.37. The Morgan fingerprint density at radius 1 is 0.605 bits per heavy atom. The van der Waals surface area contributed by atoms with E-state index in [1.165, 1.54) is 128 Å². The van der Waals surface area contributed by atoms with Crippen LogP contribution in [0.2, 0.25) is 0 Å². The molecule has 43 heavy (non-hydrogen) atoms. The number of hydrogen-bond acceptors (Lipinski definition) is 4. The van der Waals surface area contributed by atoms with Crippen molar-refractivity contribution in [2.45, 2.75) is 187 Å². The number of alkyl carbamates (subject to hydrolysis) is 1. The minimum absolute atomic E-state index is 0.0301. The van der Waals surface area contributed by atoms with Gasteiger partial charge in [0.1, 0.15) is 6.04 Å². The molecule has 0 radical (unpaired) electrons. The Kier molecular flexibility index (Phi) is 31.4. The van der Waals surface area contributed by atoms with Gasteiger partial charge in [0.2, 0.25) is 5.91 Å². The molecule has 0 fully saturated rings. The van der Waals surface area contributed by atoms with E-state index in [-0.39, 0.29) is 11.9 Å². The largest absolute Gasteiger partial charge is 0.450 e. The van der Waals surface area contributed by atoms with Crippen molar-refractivity contribution in [1.29, 1.82) is 0 Å². The maximum Gasteiger partial charge on any atom is 0.407 e. The molecule has 0 heterocycles. The number of unbranched alkanes of at least 4 members (excludes halogenated alkanes) is 22. The number of nitrogens with zero attached hydrogens (tertiary/aromatic N) is 1. The average molecular weight is 610 g/mol. The summed E-state index contributed by atoms with van der Waals surface area (Å²) in [5.74, 6) is -0.142. The summed E-state index contributed by atoms with van der Waals surface area (Å²) in [7, 11) is 0. The lowest BCUT2D eigenvalue weighted by Crippen LogP contribution is -2.47. The Bertz CT molecular complexity index is 655. The van der Waals surface area contributed by atoms with Gasteiger partial charge in [-0.2, -0.15) is 0 Å².